The SMILES string of the molecule is CCNC(=NCc1nnc2n1CCCC2)NCCCCC1CCCC1.I. The predicted molar refractivity (Wildman–Crippen MR) is 117 cm³/mol. The molecule has 0 spiro atoms. The smallest absolute Gasteiger partial charge is 0.191 e. The van der Waals surface area contributed by atoms with E-state index in [0.717, 1.165) is 49.6 Å². The van der Waals surface area contributed by atoms with Crippen LogP contribution in [0.15, 0.2) is 4.99 Å². The first kappa shape index (κ1) is 21.4. The molecule has 2 heterocycles. The molecule has 1 aliphatic carbocycles. The highest BCUT2D eigenvalue weighted by molar-refractivity contribution is 14.0. The molecule has 1 aromatic rings. The van der Waals surface area contributed by atoms with Crippen molar-refractivity contribution in [3.05, 3.63) is 11.6 Å². The van der Waals surface area contributed by atoms with Crippen LogP contribution >= 0.6 is 24.0 Å². The summed E-state index contributed by atoms with van der Waals surface area (Å²) in [5, 5.41) is 15.5. The van der Waals surface area contributed by atoms with Gasteiger partial charge in [0.1, 0.15) is 12.4 Å². The summed E-state index contributed by atoms with van der Waals surface area (Å²) in [6.07, 6.45) is 13.3. The van der Waals surface area contributed by atoms with Crippen LogP contribution in [-0.2, 0) is 19.5 Å². The van der Waals surface area contributed by atoms with Crippen molar-refractivity contribution in [1.29, 1.82) is 0 Å². The molecule has 0 bridgehead atoms. The van der Waals surface area contributed by atoms with Crippen LogP contribution in [0, 0.1) is 5.92 Å². The molecule has 7 heteroatoms. The number of hydrogen-bond acceptors (Lipinski definition) is 3. The Kier molecular flexibility index (Phi) is 9.71. The lowest BCUT2D eigenvalue weighted by Gasteiger charge is -2.15. The number of aromatic nitrogens is 3. The number of unbranched alkanes of at least 4 members (excludes halogenated alkanes) is 1. The van der Waals surface area contributed by atoms with Crippen molar-refractivity contribution in [1.82, 2.24) is 25.4 Å². The van der Waals surface area contributed by atoms with Gasteiger partial charge in [-0.15, -0.1) is 34.2 Å². The van der Waals surface area contributed by atoms with Crippen molar-refractivity contribution in [2.24, 2.45) is 10.9 Å². The van der Waals surface area contributed by atoms with Crippen LogP contribution in [0.5, 0.6) is 0 Å². The van der Waals surface area contributed by atoms with Gasteiger partial charge in [0.25, 0.3) is 0 Å². The maximum absolute atomic E-state index is 4.71. The minimum Gasteiger partial charge on any atom is -0.357 e. The van der Waals surface area contributed by atoms with Gasteiger partial charge in [0.2, 0.25) is 0 Å². The van der Waals surface area contributed by atoms with E-state index in [1.54, 1.807) is 0 Å². The number of nitrogens with zero attached hydrogens (tertiary/aromatic N) is 4. The third-order valence-electron chi connectivity index (χ3n) is 5.47. The summed E-state index contributed by atoms with van der Waals surface area (Å²) >= 11 is 0. The fourth-order valence-corrected chi connectivity index (χ4v) is 4.04. The molecule has 1 aliphatic heterocycles. The van der Waals surface area contributed by atoms with Gasteiger partial charge >= 0.3 is 0 Å². The van der Waals surface area contributed by atoms with E-state index >= 15 is 0 Å². The van der Waals surface area contributed by atoms with E-state index in [2.05, 4.69) is 32.3 Å². The topological polar surface area (TPSA) is 67.1 Å². The molecule has 0 saturated heterocycles. The Hall–Kier alpha value is -0.860. The summed E-state index contributed by atoms with van der Waals surface area (Å²) in [7, 11) is 0. The number of fused-ring (bicyclic) bond motifs is 1. The average molecular weight is 474 g/mol. The summed E-state index contributed by atoms with van der Waals surface area (Å²) in [4.78, 5) is 4.71. The van der Waals surface area contributed by atoms with Gasteiger partial charge in [-0.25, -0.2) is 4.99 Å². The van der Waals surface area contributed by atoms with Gasteiger partial charge in [-0.1, -0.05) is 38.5 Å². The normalized spacial score (nSPS) is 17.7. The van der Waals surface area contributed by atoms with E-state index in [1.807, 2.05) is 0 Å². The Labute approximate surface area is 175 Å². The lowest BCUT2D eigenvalue weighted by molar-refractivity contribution is 0.472. The fraction of sp³-hybridized carbons (Fsp3) is 0.842. The second kappa shape index (κ2) is 11.8. The van der Waals surface area contributed by atoms with Gasteiger partial charge in [-0.2, -0.15) is 0 Å². The van der Waals surface area contributed by atoms with Gasteiger partial charge in [0.15, 0.2) is 11.8 Å². The molecular formula is C19H35IN6. The first-order valence-electron chi connectivity index (χ1n) is 10.3. The van der Waals surface area contributed by atoms with Gasteiger partial charge in [0.05, 0.1) is 0 Å². The predicted octanol–water partition coefficient (Wildman–Crippen LogP) is 3.65. The zero-order chi connectivity index (χ0) is 17.3. The zero-order valence-corrected chi connectivity index (χ0v) is 18.5. The maximum Gasteiger partial charge on any atom is 0.191 e. The summed E-state index contributed by atoms with van der Waals surface area (Å²) < 4.78 is 2.25. The minimum atomic E-state index is 0. The molecular weight excluding hydrogens is 439 g/mol. The number of rotatable bonds is 8. The average Bonchev–Trinajstić information content (AvgIpc) is 3.29. The van der Waals surface area contributed by atoms with E-state index < -0.39 is 0 Å². The molecule has 0 unspecified atom stereocenters. The van der Waals surface area contributed by atoms with E-state index in [0.29, 0.717) is 6.54 Å². The quantitative estimate of drug-likeness (QED) is 0.261. The molecule has 0 amide bonds. The number of aryl methyl sites for hydroxylation is 1. The summed E-state index contributed by atoms with van der Waals surface area (Å²) in [6.45, 7) is 5.63. The second-order valence-electron chi connectivity index (χ2n) is 7.41. The zero-order valence-electron chi connectivity index (χ0n) is 16.2. The summed E-state index contributed by atoms with van der Waals surface area (Å²) in [5.74, 6) is 4.02. The fourth-order valence-electron chi connectivity index (χ4n) is 4.04. The number of hydrogen-bond donors (Lipinski definition) is 2. The van der Waals surface area contributed by atoms with E-state index in [-0.39, 0.29) is 24.0 Å². The van der Waals surface area contributed by atoms with E-state index in [9.17, 15) is 0 Å². The molecule has 148 valence electrons. The number of halogens is 1. The van der Waals surface area contributed by atoms with Gasteiger partial charge < -0.3 is 15.2 Å². The van der Waals surface area contributed by atoms with Crippen molar-refractivity contribution < 1.29 is 0 Å². The van der Waals surface area contributed by atoms with Gasteiger partial charge in [0, 0.05) is 26.1 Å². The van der Waals surface area contributed by atoms with Crippen LogP contribution in [-0.4, -0.2) is 33.8 Å². The number of guanidine groups is 1. The molecule has 6 nitrogen and oxygen atoms in total. The van der Waals surface area contributed by atoms with Crippen molar-refractivity contribution in [2.45, 2.75) is 84.2 Å². The highest BCUT2D eigenvalue weighted by Gasteiger charge is 2.15. The Morgan fingerprint density at radius 2 is 1.96 bits per heavy atom. The van der Waals surface area contributed by atoms with Crippen LogP contribution < -0.4 is 10.6 Å². The lowest BCUT2D eigenvalue weighted by Crippen LogP contribution is -2.37. The number of aliphatic imine (C=N–C) groups is 1. The molecule has 1 fully saturated rings. The largest absolute Gasteiger partial charge is 0.357 e. The minimum absolute atomic E-state index is 0. The molecule has 0 radical (unpaired) electrons. The van der Waals surface area contributed by atoms with Crippen LogP contribution in [0.4, 0.5) is 0 Å². The molecule has 3 rings (SSSR count). The number of nitrogens with one attached hydrogen (secondary N) is 2. The first-order valence-corrected chi connectivity index (χ1v) is 10.3. The second-order valence-corrected chi connectivity index (χ2v) is 7.41. The highest BCUT2D eigenvalue weighted by Crippen LogP contribution is 2.28. The van der Waals surface area contributed by atoms with Gasteiger partial charge in [-0.05, 0) is 32.1 Å². The third-order valence-corrected chi connectivity index (χ3v) is 5.47. The Morgan fingerprint density at radius 1 is 1.12 bits per heavy atom. The molecule has 2 N–H and O–H groups in total. The Balaban J connectivity index is 0.00000243. The maximum atomic E-state index is 4.71. The Morgan fingerprint density at radius 3 is 2.77 bits per heavy atom. The molecule has 1 aromatic heterocycles. The third kappa shape index (κ3) is 6.39. The van der Waals surface area contributed by atoms with Crippen LogP contribution in [0.3, 0.4) is 0 Å². The monoisotopic (exact) mass is 474 g/mol. The molecule has 2 aliphatic rings. The van der Waals surface area contributed by atoms with Crippen LogP contribution in [0.2, 0.25) is 0 Å². The van der Waals surface area contributed by atoms with Crippen molar-refractivity contribution in [2.75, 3.05) is 13.1 Å². The van der Waals surface area contributed by atoms with Crippen LogP contribution in [0.25, 0.3) is 0 Å². The molecule has 1 saturated carbocycles. The molecule has 0 aromatic carbocycles. The van der Waals surface area contributed by atoms with E-state index in [1.165, 1.54) is 57.8 Å². The first-order chi connectivity index (χ1) is 12.4. The van der Waals surface area contributed by atoms with Crippen molar-refractivity contribution in [3.63, 3.8) is 0 Å². The standard InChI is InChI=1S/C19H34N6.HI/c1-2-20-19(21-13-7-5-11-16-9-3-4-10-16)22-15-18-24-23-17-12-6-8-14-25(17)18;/h16H,2-15H2,1H3,(H2,20,21,22);1H. The summed E-state index contributed by atoms with van der Waals surface area (Å²) in [6, 6.07) is 0. The van der Waals surface area contributed by atoms with E-state index in [4.69, 9.17) is 4.99 Å². The molecule has 0 atom stereocenters. The van der Waals surface area contributed by atoms with Crippen LogP contribution in [0.1, 0.15) is 76.4 Å². The Bertz CT molecular complexity index is 550. The lowest BCUT2D eigenvalue weighted by atomic mass is 10.0. The summed E-state index contributed by atoms with van der Waals surface area (Å²) in [5.41, 5.74) is 0. The van der Waals surface area contributed by atoms with Crippen molar-refractivity contribution >= 4 is 29.9 Å². The molecule has 26 heavy (non-hydrogen) atoms. The van der Waals surface area contributed by atoms with Crippen molar-refractivity contribution in [3.8, 4) is 0 Å². The highest BCUT2D eigenvalue weighted by atomic mass is 127. The van der Waals surface area contributed by atoms with Gasteiger partial charge in [-0.3, -0.25) is 0 Å².